The molecule has 0 atom stereocenters. The van der Waals surface area contributed by atoms with Crippen LogP contribution in [0.2, 0.25) is 0 Å². The minimum atomic E-state index is -0.213. The molecule has 2 fully saturated rings. The van der Waals surface area contributed by atoms with Gasteiger partial charge in [0.1, 0.15) is 0 Å². The zero-order valence-electron chi connectivity index (χ0n) is 7.18. The first-order chi connectivity index (χ1) is 5.29. The average molecular weight is 154 g/mol. The standard InChI is InChI=1S/C10H18O/c11-10(6-3-7-10)8-9-4-1-2-5-9/h9,11H,1-8H2. The Labute approximate surface area is 68.8 Å². The van der Waals surface area contributed by atoms with Gasteiger partial charge in [0.2, 0.25) is 0 Å². The first kappa shape index (κ1) is 7.60. The lowest BCUT2D eigenvalue weighted by molar-refractivity contribution is -0.0520. The summed E-state index contributed by atoms with van der Waals surface area (Å²) in [5, 5.41) is 9.87. The van der Waals surface area contributed by atoms with Gasteiger partial charge in [0.25, 0.3) is 0 Å². The van der Waals surface area contributed by atoms with Gasteiger partial charge in [0.05, 0.1) is 5.60 Å². The topological polar surface area (TPSA) is 20.2 Å². The Morgan fingerprint density at radius 1 is 1.09 bits per heavy atom. The summed E-state index contributed by atoms with van der Waals surface area (Å²) in [7, 11) is 0. The first-order valence-electron chi connectivity index (χ1n) is 5.01. The van der Waals surface area contributed by atoms with E-state index in [9.17, 15) is 5.11 Å². The molecule has 0 heterocycles. The summed E-state index contributed by atoms with van der Waals surface area (Å²) in [5.74, 6) is 0.861. The van der Waals surface area contributed by atoms with E-state index in [1.807, 2.05) is 0 Å². The third kappa shape index (κ3) is 1.58. The molecule has 0 aromatic heterocycles. The highest BCUT2D eigenvalue weighted by Crippen LogP contribution is 2.41. The zero-order chi connectivity index (χ0) is 7.73. The molecule has 2 saturated carbocycles. The summed E-state index contributed by atoms with van der Waals surface area (Å²) in [6, 6.07) is 0. The molecule has 1 nitrogen and oxygen atoms in total. The van der Waals surface area contributed by atoms with Crippen molar-refractivity contribution in [1.82, 2.24) is 0 Å². The molecule has 2 rings (SSSR count). The molecular weight excluding hydrogens is 136 g/mol. The van der Waals surface area contributed by atoms with E-state index < -0.39 is 0 Å². The fraction of sp³-hybridized carbons (Fsp3) is 1.00. The van der Waals surface area contributed by atoms with Crippen molar-refractivity contribution in [2.75, 3.05) is 0 Å². The molecule has 0 amide bonds. The van der Waals surface area contributed by atoms with Crippen molar-refractivity contribution >= 4 is 0 Å². The van der Waals surface area contributed by atoms with Gasteiger partial charge in [-0.3, -0.25) is 0 Å². The fourth-order valence-corrected chi connectivity index (χ4v) is 2.54. The number of hydrogen-bond acceptors (Lipinski definition) is 1. The van der Waals surface area contributed by atoms with E-state index in [0.29, 0.717) is 0 Å². The van der Waals surface area contributed by atoms with Gasteiger partial charge in [-0.15, -0.1) is 0 Å². The van der Waals surface area contributed by atoms with Crippen molar-refractivity contribution in [2.45, 2.75) is 57.0 Å². The Balaban J connectivity index is 1.79. The van der Waals surface area contributed by atoms with Crippen LogP contribution in [0.1, 0.15) is 51.4 Å². The Morgan fingerprint density at radius 2 is 1.73 bits per heavy atom. The molecule has 1 N–H and O–H groups in total. The van der Waals surface area contributed by atoms with Crippen LogP contribution in [0.5, 0.6) is 0 Å². The smallest absolute Gasteiger partial charge is 0.0650 e. The monoisotopic (exact) mass is 154 g/mol. The summed E-state index contributed by atoms with van der Waals surface area (Å²) in [6.07, 6.45) is 10.1. The second-order valence-corrected chi connectivity index (χ2v) is 4.43. The summed E-state index contributed by atoms with van der Waals surface area (Å²) in [5.41, 5.74) is -0.213. The predicted molar refractivity (Wildman–Crippen MR) is 45.4 cm³/mol. The van der Waals surface area contributed by atoms with Crippen molar-refractivity contribution in [3.63, 3.8) is 0 Å². The van der Waals surface area contributed by atoms with E-state index in [4.69, 9.17) is 0 Å². The van der Waals surface area contributed by atoms with Gasteiger partial charge in [-0.25, -0.2) is 0 Å². The molecule has 64 valence electrons. The zero-order valence-corrected chi connectivity index (χ0v) is 7.18. The maximum absolute atomic E-state index is 9.87. The van der Waals surface area contributed by atoms with Gasteiger partial charge >= 0.3 is 0 Å². The van der Waals surface area contributed by atoms with E-state index in [2.05, 4.69) is 0 Å². The van der Waals surface area contributed by atoms with Crippen LogP contribution in [0.25, 0.3) is 0 Å². The van der Waals surface area contributed by atoms with Gasteiger partial charge in [0, 0.05) is 0 Å². The quantitative estimate of drug-likeness (QED) is 0.648. The van der Waals surface area contributed by atoms with Gasteiger partial charge in [-0.2, -0.15) is 0 Å². The van der Waals surface area contributed by atoms with Gasteiger partial charge < -0.3 is 5.11 Å². The van der Waals surface area contributed by atoms with E-state index in [0.717, 1.165) is 25.2 Å². The lowest BCUT2D eigenvalue weighted by Crippen LogP contribution is -2.38. The molecule has 0 radical (unpaired) electrons. The normalized spacial score (nSPS) is 30.3. The molecule has 0 aromatic rings. The maximum Gasteiger partial charge on any atom is 0.0650 e. The van der Waals surface area contributed by atoms with Crippen LogP contribution >= 0.6 is 0 Å². The van der Waals surface area contributed by atoms with Gasteiger partial charge in [0.15, 0.2) is 0 Å². The summed E-state index contributed by atoms with van der Waals surface area (Å²) >= 11 is 0. The van der Waals surface area contributed by atoms with Crippen LogP contribution in [-0.4, -0.2) is 10.7 Å². The summed E-state index contributed by atoms with van der Waals surface area (Å²) in [4.78, 5) is 0. The molecule has 2 aliphatic rings. The molecule has 2 aliphatic carbocycles. The van der Waals surface area contributed by atoms with Crippen LogP contribution < -0.4 is 0 Å². The molecule has 0 spiro atoms. The molecule has 0 bridgehead atoms. The van der Waals surface area contributed by atoms with E-state index >= 15 is 0 Å². The Hall–Kier alpha value is -0.0400. The third-order valence-corrected chi connectivity index (χ3v) is 3.43. The Morgan fingerprint density at radius 3 is 2.18 bits per heavy atom. The van der Waals surface area contributed by atoms with Crippen LogP contribution in [0.4, 0.5) is 0 Å². The van der Waals surface area contributed by atoms with Crippen LogP contribution in [-0.2, 0) is 0 Å². The molecule has 1 heteroatoms. The van der Waals surface area contributed by atoms with Crippen LogP contribution in [0.3, 0.4) is 0 Å². The summed E-state index contributed by atoms with van der Waals surface area (Å²) < 4.78 is 0. The number of aliphatic hydroxyl groups is 1. The minimum absolute atomic E-state index is 0.213. The average Bonchev–Trinajstić information content (AvgIpc) is 2.36. The van der Waals surface area contributed by atoms with Gasteiger partial charge in [-0.1, -0.05) is 25.7 Å². The molecule has 0 unspecified atom stereocenters. The second-order valence-electron chi connectivity index (χ2n) is 4.43. The van der Waals surface area contributed by atoms with Crippen LogP contribution in [0.15, 0.2) is 0 Å². The fourth-order valence-electron chi connectivity index (χ4n) is 2.54. The van der Waals surface area contributed by atoms with Crippen molar-refractivity contribution < 1.29 is 5.11 Å². The van der Waals surface area contributed by atoms with Crippen molar-refractivity contribution in [3.8, 4) is 0 Å². The maximum atomic E-state index is 9.87. The highest BCUT2D eigenvalue weighted by atomic mass is 16.3. The minimum Gasteiger partial charge on any atom is -0.390 e. The lowest BCUT2D eigenvalue weighted by Gasteiger charge is -2.38. The Kier molecular flexibility index (Phi) is 1.92. The number of hydrogen-bond donors (Lipinski definition) is 1. The molecule has 0 aliphatic heterocycles. The molecule has 0 saturated heterocycles. The first-order valence-corrected chi connectivity index (χ1v) is 5.01. The van der Waals surface area contributed by atoms with E-state index in [1.165, 1.54) is 32.1 Å². The predicted octanol–water partition coefficient (Wildman–Crippen LogP) is 2.48. The largest absolute Gasteiger partial charge is 0.390 e. The third-order valence-electron chi connectivity index (χ3n) is 3.43. The highest BCUT2D eigenvalue weighted by molar-refractivity contribution is 4.90. The van der Waals surface area contributed by atoms with Crippen molar-refractivity contribution in [1.29, 1.82) is 0 Å². The van der Waals surface area contributed by atoms with E-state index in [-0.39, 0.29) is 5.60 Å². The molecule has 0 aromatic carbocycles. The Bertz CT molecular complexity index is 132. The van der Waals surface area contributed by atoms with E-state index in [1.54, 1.807) is 0 Å². The van der Waals surface area contributed by atoms with Gasteiger partial charge in [-0.05, 0) is 31.6 Å². The highest BCUT2D eigenvalue weighted by Gasteiger charge is 2.36. The number of rotatable bonds is 2. The van der Waals surface area contributed by atoms with Crippen molar-refractivity contribution in [3.05, 3.63) is 0 Å². The molecular formula is C10H18O. The van der Waals surface area contributed by atoms with Crippen LogP contribution in [0, 0.1) is 5.92 Å². The van der Waals surface area contributed by atoms with Crippen molar-refractivity contribution in [2.24, 2.45) is 5.92 Å². The SMILES string of the molecule is OC1(CC2CCCC2)CCC1. The molecule has 11 heavy (non-hydrogen) atoms. The second kappa shape index (κ2) is 2.78. The summed E-state index contributed by atoms with van der Waals surface area (Å²) in [6.45, 7) is 0. The lowest BCUT2D eigenvalue weighted by atomic mass is 9.74.